The van der Waals surface area contributed by atoms with Gasteiger partial charge in [0.2, 0.25) is 0 Å². The standard InChI is InChI=1S/C21H16FN3O/c22-19-9-5-4-8-18(19)21-16(14-26)12-24-25(21)17-10-11-20(23-13-17)15-6-2-1-3-7-15/h1-13,26H,14H2. The number of aliphatic hydroxyl groups excluding tert-OH is 1. The van der Waals surface area contributed by atoms with Gasteiger partial charge in [0.1, 0.15) is 5.82 Å². The van der Waals surface area contributed by atoms with Gasteiger partial charge in [0.05, 0.1) is 36.1 Å². The Balaban J connectivity index is 1.80. The van der Waals surface area contributed by atoms with Crippen LogP contribution in [0.5, 0.6) is 0 Å². The van der Waals surface area contributed by atoms with Crippen LogP contribution in [-0.4, -0.2) is 19.9 Å². The quantitative estimate of drug-likeness (QED) is 0.602. The minimum atomic E-state index is -0.363. The number of hydrogen-bond acceptors (Lipinski definition) is 3. The van der Waals surface area contributed by atoms with E-state index in [1.54, 1.807) is 35.3 Å². The average molecular weight is 345 g/mol. The summed E-state index contributed by atoms with van der Waals surface area (Å²) in [4.78, 5) is 4.50. The van der Waals surface area contributed by atoms with Gasteiger partial charge in [-0.2, -0.15) is 5.10 Å². The molecule has 4 aromatic rings. The van der Waals surface area contributed by atoms with Gasteiger partial charge in [-0.3, -0.25) is 4.98 Å². The Kier molecular flexibility index (Phi) is 4.29. The molecule has 4 rings (SSSR count). The van der Waals surface area contributed by atoms with Crippen molar-refractivity contribution in [3.63, 3.8) is 0 Å². The Bertz CT molecular complexity index is 1030. The molecular formula is C21H16FN3O. The first-order valence-corrected chi connectivity index (χ1v) is 8.22. The van der Waals surface area contributed by atoms with Gasteiger partial charge in [-0.15, -0.1) is 0 Å². The molecule has 0 bridgehead atoms. The summed E-state index contributed by atoms with van der Waals surface area (Å²) in [6.07, 6.45) is 3.24. The van der Waals surface area contributed by atoms with E-state index in [0.29, 0.717) is 22.5 Å². The van der Waals surface area contributed by atoms with Crippen molar-refractivity contribution in [1.29, 1.82) is 0 Å². The molecule has 0 saturated heterocycles. The third-order valence-electron chi connectivity index (χ3n) is 4.21. The second kappa shape index (κ2) is 6.90. The maximum absolute atomic E-state index is 14.3. The summed E-state index contributed by atoms with van der Waals surface area (Å²) >= 11 is 0. The number of pyridine rings is 1. The van der Waals surface area contributed by atoms with Crippen molar-refractivity contribution in [3.8, 4) is 28.2 Å². The summed E-state index contributed by atoms with van der Waals surface area (Å²) in [5.41, 5.74) is 4.03. The van der Waals surface area contributed by atoms with E-state index >= 15 is 0 Å². The topological polar surface area (TPSA) is 50.9 Å². The van der Waals surface area contributed by atoms with Crippen LogP contribution in [0, 0.1) is 5.82 Å². The fourth-order valence-electron chi connectivity index (χ4n) is 2.93. The third-order valence-corrected chi connectivity index (χ3v) is 4.21. The lowest BCUT2D eigenvalue weighted by Gasteiger charge is -2.11. The van der Waals surface area contributed by atoms with E-state index in [0.717, 1.165) is 11.3 Å². The molecule has 0 radical (unpaired) electrons. The summed E-state index contributed by atoms with van der Waals surface area (Å²) in [6, 6.07) is 20.1. The highest BCUT2D eigenvalue weighted by atomic mass is 19.1. The van der Waals surface area contributed by atoms with Gasteiger partial charge in [-0.1, -0.05) is 42.5 Å². The average Bonchev–Trinajstić information content (AvgIpc) is 3.13. The number of benzene rings is 2. The highest BCUT2D eigenvalue weighted by molar-refractivity contribution is 5.67. The summed E-state index contributed by atoms with van der Waals surface area (Å²) < 4.78 is 15.9. The van der Waals surface area contributed by atoms with E-state index in [1.165, 1.54) is 6.07 Å². The van der Waals surface area contributed by atoms with Crippen molar-refractivity contribution in [3.05, 3.63) is 90.5 Å². The number of aliphatic hydroxyl groups is 1. The minimum Gasteiger partial charge on any atom is -0.392 e. The van der Waals surface area contributed by atoms with Crippen molar-refractivity contribution >= 4 is 0 Å². The second-order valence-corrected chi connectivity index (χ2v) is 5.84. The molecule has 0 aliphatic heterocycles. The van der Waals surface area contributed by atoms with Crippen LogP contribution in [0.4, 0.5) is 4.39 Å². The van der Waals surface area contributed by atoms with Gasteiger partial charge in [0.15, 0.2) is 0 Å². The maximum Gasteiger partial charge on any atom is 0.132 e. The molecule has 26 heavy (non-hydrogen) atoms. The molecule has 0 spiro atoms. The number of nitrogens with zero attached hydrogens (tertiary/aromatic N) is 3. The monoisotopic (exact) mass is 345 g/mol. The molecule has 1 N–H and O–H groups in total. The van der Waals surface area contributed by atoms with Crippen LogP contribution >= 0.6 is 0 Å². The van der Waals surface area contributed by atoms with Crippen LogP contribution in [0.2, 0.25) is 0 Å². The lowest BCUT2D eigenvalue weighted by atomic mass is 10.1. The van der Waals surface area contributed by atoms with E-state index in [-0.39, 0.29) is 12.4 Å². The zero-order chi connectivity index (χ0) is 17.9. The smallest absolute Gasteiger partial charge is 0.132 e. The zero-order valence-corrected chi connectivity index (χ0v) is 13.9. The summed E-state index contributed by atoms with van der Waals surface area (Å²) in [5.74, 6) is -0.363. The molecular weight excluding hydrogens is 329 g/mol. The van der Waals surface area contributed by atoms with Gasteiger partial charge in [-0.05, 0) is 24.3 Å². The van der Waals surface area contributed by atoms with Crippen LogP contribution in [-0.2, 0) is 6.61 Å². The number of aromatic nitrogens is 3. The van der Waals surface area contributed by atoms with E-state index < -0.39 is 0 Å². The van der Waals surface area contributed by atoms with E-state index in [1.807, 2.05) is 42.5 Å². The highest BCUT2D eigenvalue weighted by Crippen LogP contribution is 2.29. The van der Waals surface area contributed by atoms with Gasteiger partial charge < -0.3 is 5.11 Å². The lowest BCUT2D eigenvalue weighted by molar-refractivity contribution is 0.282. The Morgan fingerprint density at radius 2 is 1.65 bits per heavy atom. The molecule has 128 valence electrons. The minimum absolute atomic E-state index is 0.223. The molecule has 0 fully saturated rings. The van der Waals surface area contributed by atoms with Crippen LogP contribution < -0.4 is 0 Å². The molecule has 0 amide bonds. The molecule has 2 aromatic carbocycles. The van der Waals surface area contributed by atoms with Crippen molar-refractivity contribution in [1.82, 2.24) is 14.8 Å². The molecule has 0 atom stereocenters. The normalized spacial score (nSPS) is 10.8. The number of halogens is 1. The van der Waals surface area contributed by atoms with Crippen LogP contribution in [0.15, 0.2) is 79.1 Å². The molecule has 0 saturated carbocycles. The van der Waals surface area contributed by atoms with Crippen molar-refractivity contribution in [2.45, 2.75) is 6.61 Å². The fourth-order valence-corrected chi connectivity index (χ4v) is 2.93. The van der Waals surface area contributed by atoms with Gasteiger partial charge in [0, 0.05) is 16.7 Å². The van der Waals surface area contributed by atoms with Crippen molar-refractivity contribution in [2.75, 3.05) is 0 Å². The van der Waals surface area contributed by atoms with Crippen molar-refractivity contribution < 1.29 is 9.50 Å². The zero-order valence-electron chi connectivity index (χ0n) is 13.9. The van der Waals surface area contributed by atoms with E-state index in [2.05, 4.69) is 10.1 Å². The summed E-state index contributed by atoms with van der Waals surface area (Å²) in [7, 11) is 0. The maximum atomic E-state index is 14.3. The highest BCUT2D eigenvalue weighted by Gasteiger charge is 2.17. The molecule has 0 unspecified atom stereocenters. The van der Waals surface area contributed by atoms with E-state index in [9.17, 15) is 9.50 Å². The van der Waals surface area contributed by atoms with Gasteiger partial charge in [0.25, 0.3) is 0 Å². The Morgan fingerprint density at radius 3 is 2.35 bits per heavy atom. The molecule has 2 aromatic heterocycles. The Hall–Kier alpha value is -3.31. The summed E-state index contributed by atoms with van der Waals surface area (Å²) in [6.45, 7) is -0.223. The molecule has 2 heterocycles. The lowest BCUT2D eigenvalue weighted by Crippen LogP contribution is -2.02. The Labute approximate surface area is 150 Å². The molecule has 4 nitrogen and oxygen atoms in total. The molecule has 0 aliphatic carbocycles. The van der Waals surface area contributed by atoms with Crippen LogP contribution in [0.1, 0.15) is 5.56 Å². The van der Waals surface area contributed by atoms with Crippen LogP contribution in [0.25, 0.3) is 28.2 Å². The predicted octanol–water partition coefficient (Wildman–Crippen LogP) is 4.23. The second-order valence-electron chi connectivity index (χ2n) is 5.84. The first-order chi connectivity index (χ1) is 12.8. The van der Waals surface area contributed by atoms with Gasteiger partial charge in [-0.25, -0.2) is 9.07 Å². The fraction of sp³-hybridized carbons (Fsp3) is 0.0476. The predicted molar refractivity (Wildman–Crippen MR) is 98.1 cm³/mol. The SMILES string of the molecule is OCc1cnn(-c2ccc(-c3ccccc3)nc2)c1-c1ccccc1F. The first kappa shape index (κ1) is 16.2. The first-order valence-electron chi connectivity index (χ1n) is 8.22. The van der Waals surface area contributed by atoms with Crippen LogP contribution in [0.3, 0.4) is 0 Å². The third kappa shape index (κ3) is 2.89. The molecule has 0 aliphatic rings. The largest absolute Gasteiger partial charge is 0.392 e. The Morgan fingerprint density at radius 1 is 0.885 bits per heavy atom. The van der Waals surface area contributed by atoms with Crippen molar-refractivity contribution in [2.24, 2.45) is 0 Å². The number of rotatable bonds is 4. The summed E-state index contributed by atoms with van der Waals surface area (Å²) in [5, 5.41) is 14.0. The van der Waals surface area contributed by atoms with Gasteiger partial charge >= 0.3 is 0 Å². The van der Waals surface area contributed by atoms with E-state index in [4.69, 9.17) is 0 Å². The molecule has 5 heteroatoms. The number of hydrogen-bond donors (Lipinski definition) is 1.